The van der Waals surface area contributed by atoms with Gasteiger partial charge in [0.1, 0.15) is 11.6 Å². The first-order valence-electron chi connectivity index (χ1n) is 5.44. The third kappa shape index (κ3) is 3.23. The van der Waals surface area contributed by atoms with Crippen LogP contribution in [0.25, 0.3) is 0 Å². The SMILES string of the molecule is COc1ccc(NS(=O)(=O)c2ccc(F)cc2)cc1. The quantitative estimate of drug-likeness (QED) is 0.937. The van der Waals surface area contributed by atoms with Gasteiger partial charge in [-0.15, -0.1) is 0 Å². The number of sulfonamides is 1. The summed E-state index contributed by atoms with van der Waals surface area (Å²) < 4.78 is 44.1. The second-order valence-corrected chi connectivity index (χ2v) is 5.47. The summed E-state index contributed by atoms with van der Waals surface area (Å²) in [6, 6.07) is 11.1. The molecule has 0 aromatic heterocycles. The third-order valence-electron chi connectivity index (χ3n) is 2.47. The van der Waals surface area contributed by atoms with Crippen LogP contribution in [0.4, 0.5) is 10.1 Å². The van der Waals surface area contributed by atoms with E-state index in [1.165, 1.54) is 19.2 Å². The summed E-state index contributed by atoms with van der Waals surface area (Å²) in [4.78, 5) is 0.00437. The molecule has 1 N–H and O–H groups in total. The van der Waals surface area contributed by atoms with E-state index in [0.717, 1.165) is 12.1 Å². The number of halogens is 1. The maximum atomic E-state index is 12.8. The van der Waals surface area contributed by atoms with Crippen LogP contribution in [0.1, 0.15) is 0 Å². The van der Waals surface area contributed by atoms with E-state index in [2.05, 4.69) is 4.72 Å². The number of hydrogen-bond acceptors (Lipinski definition) is 3. The van der Waals surface area contributed by atoms with Gasteiger partial charge in [-0.1, -0.05) is 0 Å². The molecule has 0 bridgehead atoms. The van der Waals surface area contributed by atoms with Crippen molar-refractivity contribution in [2.75, 3.05) is 11.8 Å². The first-order chi connectivity index (χ1) is 9.01. The van der Waals surface area contributed by atoms with Crippen molar-refractivity contribution in [1.82, 2.24) is 0 Å². The van der Waals surface area contributed by atoms with Crippen molar-refractivity contribution in [2.45, 2.75) is 4.90 Å². The van der Waals surface area contributed by atoms with Crippen molar-refractivity contribution in [3.63, 3.8) is 0 Å². The maximum Gasteiger partial charge on any atom is 0.261 e. The Bertz CT molecular complexity index is 651. The zero-order chi connectivity index (χ0) is 13.9. The molecule has 0 aliphatic carbocycles. The van der Waals surface area contributed by atoms with Crippen LogP contribution in [-0.2, 0) is 10.0 Å². The van der Waals surface area contributed by atoms with Gasteiger partial charge >= 0.3 is 0 Å². The number of ether oxygens (including phenoxy) is 1. The van der Waals surface area contributed by atoms with E-state index >= 15 is 0 Å². The van der Waals surface area contributed by atoms with Gasteiger partial charge < -0.3 is 4.74 Å². The summed E-state index contributed by atoms with van der Waals surface area (Å²) in [7, 11) is -2.18. The molecular formula is C13H12FNO3S. The Balaban J connectivity index is 2.23. The number of anilines is 1. The van der Waals surface area contributed by atoms with Crippen LogP contribution in [0.15, 0.2) is 53.4 Å². The van der Waals surface area contributed by atoms with E-state index in [4.69, 9.17) is 4.74 Å². The molecule has 0 aliphatic heterocycles. The van der Waals surface area contributed by atoms with Gasteiger partial charge in [-0.3, -0.25) is 4.72 Å². The smallest absolute Gasteiger partial charge is 0.261 e. The van der Waals surface area contributed by atoms with Crippen molar-refractivity contribution in [3.8, 4) is 5.75 Å². The van der Waals surface area contributed by atoms with Gasteiger partial charge in [0.25, 0.3) is 10.0 Å². The fourth-order valence-corrected chi connectivity index (χ4v) is 2.55. The Hall–Kier alpha value is -2.08. The molecule has 0 heterocycles. The highest BCUT2D eigenvalue weighted by molar-refractivity contribution is 7.92. The third-order valence-corrected chi connectivity index (χ3v) is 3.86. The summed E-state index contributed by atoms with van der Waals surface area (Å²) in [5, 5.41) is 0. The average molecular weight is 281 g/mol. The van der Waals surface area contributed by atoms with Gasteiger partial charge in [-0.2, -0.15) is 0 Å². The number of nitrogens with one attached hydrogen (secondary N) is 1. The van der Waals surface area contributed by atoms with Crippen molar-refractivity contribution >= 4 is 15.7 Å². The van der Waals surface area contributed by atoms with Crippen LogP contribution in [0.2, 0.25) is 0 Å². The molecule has 0 spiro atoms. The zero-order valence-electron chi connectivity index (χ0n) is 10.1. The topological polar surface area (TPSA) is 55.4 Å². The predicted molar refractivity (Wildman–Crippen MR) is 70.2 cm³/mol. The van der Waals surface area contributed by atoms with Crippen LogP contribution in [0.5, 0.6) is 5.75 Å². The highest BCUT2D eigenvalue weighted by Crippen LogP contribution is 2.19. The molecule has 0 atom stereocenters. The molecule has 2 rings (SSSR count). The van der Waals surface area contributed by atoms with Crippen LogP contribution in [0.3, 0.4) is 0 Å². The van der Waals surface area contributed by atoms with Crippen LogP contribution in [0, 0.1) is 5.82 Å². The van der Waals surface area contributed by atoms with E-state index in [1.54, 1.807) is 24.3 Å². The molecule has 0 aliphatic rings. The Morgan fingerprint density at radius 3 is 2.11 bits per heavy atom. The zero-order valence-corrected chi connectivity index (χ0v) is 10.9. The summed E-state index contributed by atoms with van der Waals surface area (Å²) in [5.74, 6) is 0.146. The van der Waals surface area contributed by atoms with Gasteiger partial charge in [0.15, 0.2) is 0 Å². The average Bonchev–Trinajstić information content (AvgIpc) is 2.40. The molecule has 6 heteroatoms. The van der Waals surface area contributed by atoms with Crippen molar-refractivity contribution in [2.24, 2.45) is 0 Å². The van der Waals surface area contributed by atoms with Gasteiger partial charge in [0.05, 0.1) is 12.0 Å². The van der Waals surface area contributed by atoms with Crippen LogP contribution in [-0.4, -0.2) is 15.5 Å². The van der Waals surface area contributed by atoms with E-state index in [9.17, 15) is 12.8 Å². The summed E-state index contributed by atoms with van der Waals surface area (Å²) in [6.07, 6.45) is 0. The Morgan fingerprint density at radius 1 is 1.00 bits per heavy atom. The molecule has 0 radical (unpaired) electrons. The highest BCUT2D eigenvalue weighted by atomic mass is 32.2. The minimum absolute atomic E-state index is 0.00437. The Labute approximate surface area is 110 Å². The molecular weight excluding hydrogens is 269 g/mol. The summed E-state index contributed by atoms with van der Waals surface area (Å²) in [6.45, 7) is 0. The minimum Gasteiger partial charge on any atom is -0.497 e. The molecule has 0 saturated carbocycles. The van der Waals surface area contributed by atoms with Crippen molar-refractivity contribution in [1.29, 1.82) is 0 Å². The first kappa shape index (κ1) is 13.4. The van der Waals surface area contributed by atoms with Gasteiger partial charge in [0, 0.05) is 5.69 Å². The van der Waals surface area contributed by atoms with Crippen LogP contribution >= 0.6 is 0 Å². The lowest BCUT2D eigenvalue weighted by Crippen LogP contribution is -2.12. The molecule has 2 aromatic rings. The lowest BCUT2D eigenvalue weighted by Gasteiger charge is -2.08. The van der Waals surface area contributed by atoms with Crippen LogP contribution < -0.4 is 9.46 Å². The normalized spacial score (nSPS) is 11.1. The molecule has 0 saturated heterocycles. The minimum atomic E-state index is -3.71. The van der Waals surface area contributed by atoms with E-state index in [-0.39, 0.29) is 4.90 Å². The highest BCUT2D eigenvalue weighted by Gasteiger charge is 2.13. The molecule has 0 amide bonds. The Kier molecular flexibility index (Phi) is 3.71. The fourth-order valence-electron chi connectivity index (χ4n) is 1.49. The summed E-state index contributed by atoms with van der Waals surface area (Å²) >= 11 is 0. The van der Waals surface area contributed by atoms with Crippen molar-refractivity contribution in [3.05, 3.63) is 54.3 Å². The molecule has 19 heavy (non-hydrogen) atoms. The van der Waals surface area contributed by atoms with Gasteiger partial charge in [0.2, 0.25) is 0 Å². The largest absolute Gasteiger partial charge is 0.497 e. The number of methoxy groups -OCH3 is 1. The lowest BCUT2D eigenvalue weighted by molar-refractivity contribution is 0.415. The second kappa shape index (κ2) is 5.27. The summed E-state index contributed by atoms with van der Waals surface area (Å²) in [5.41, 5.74) is 0.408. The predicted octanol–water partition coefficient (Wildman–Crippen LogP) is 2.64. The fraction of sp³-hybridized carbons (Fsp3) is 0.0769. The molecule has 4 nitrogen and oxygen atoms in total. The maximum absolute atomic E-state index is 12.8. The Morgan fingerprint density at radius 2 is 1.58 bits per heavy atom. The molecule has 0 fully saturated rings. The molecule has 0 unspecified atom stereocenters. The molecule has 100 valence electrons. The number of benzene rings is 2. The monoisotopic (exact) mass is 281 g/mol. The number of rotatable bonds is 4. The second-order valence-electron chi connectivity index (χ2n) is 3.79. The van der Waals surface area contributed by atoms with Gasteiger partial charge in [-0.05, 0) is 48.5 Å². The van der Waals surface area contributed by atoms with Crippen molar-refractivity contribution < 1.29 is 17.5 Å². The lowest BCUT2D eigenvalue weighted by atomic mass is 10.3. The van der Waals surface area contributed by atoms with Gasteiger partial charge in [-0.25, -0.2) is 12.8 Å². The molecule has 2 aromatic carbocycles. The number of hydrogen-bond donors (Lipinski definition) is 1. The van der Waals surface area contributed by atoms with E-state index in [0.29, 0.717) is 11.4 Å². The van der Waals surface area contributed by atoms with E-state index < -0.39 is 15.8 Å². The standard InChI is InChI=1S/C13H12FNO3S/c1-18-12-6-4-11(5-7-12)15-19(16,17)13-8-2-10(14)3-9-13/h2-9,15H,1H3. The van der Waals surface area contributed by atoms with E-state index in [1.807, 2.05) is 0 Å². The first-order valence-corrected chi connectivity index (χ1v) is 6.92.